The Kier molecular flexibility index (Phi) is 5.43. The molecule has 2 rings (SSSR count). The van der Waals surface area contributed by atoms with E-state index in [1.54, 1.807) is 24.3 Å². The molecule has 2 aromatic rings. The molecule has 0 unspecified atom stereocenters. The van der Waals surface area contributed by atoms with E-state index in [2.05, 4.69) is 20.7 Å². The highest BCUT2D eigenvalue weighted by Crippen LogP contribution is 2.26. The molecule has 0 atom stereocenters. The Hall–Kier alpha value is -1.86. The van der Waals surface area contributed by atoms with Gasteiger partial charge in [-0.25, -0.2) is 0 Å². The molecule has 0 fully saturated rings. The summed E-state index contributed by atoms with van der Waals surface area (Å²) in [7, 11) is -2.63. The zero-order valence-corrected chi connectivity index (χ0v) is 15.0. The van der Waals surface area contributed by atoms with Gasteiger partial charge in [-0.15, -0.1) is 0 Å². The Balaban J connectivity index is 2.19. The minimum absolute atomic E-state index is 0.0572. The molecule has 0 aliphatic rings. The van der Waals surface area contributed by atoms with Gasteiger partial charge < -0.3 is 8.92 Å². The predicted octanol–water partition coefficient (Wildman–Crippen LogP) is 3.24. The number of aryl methyl sites for hydroxylation is 1. The molecule has 0 bridgehead atoms. The Morgan fingerprint density at radius 2 is 1.78 bits per heavy atom. The van der Waals surface area contributed by atoms with E-state index in [-0.39, 0.29) is 23.0 Å². The highest BCUT2D eigenvalue weighted by atomic mass is 79.9. The van der Waals surface area contributed by atoms with E-state index in [4.69, 9.17) is 4.18 Å². The summed E-state index contributed by atoms with van der Waals surface area (Å²) in [6.07, 6.45) is 0.118. The molecular weight excluding hydrogens is 384 g/mol. The molecule has 0 saturated heterocycles. The van der Waals surface area contributed by atoms with Gasteiger partial charge in [0.25, 0.3) is 0 Å². The topological polar surface area (TPSA) is 69.7 Å². The van der Waals surface area contributed by atoms with Gasteiger partial charge in [0.15, 0.2) is 0 Å². The van der Waals surface area contributed by atoms with Crippen molar-refractivity contribution in [3.63, 3.8) is 0 Å². The number of methoxy groups -OCH3 is 1. The molecule has 0 aliphatic carbocycles. The summed E-state index contributed by atoms with van der Waals surface area (Å²) in [6, 6.07) is 11.1. The van der Waals surface area contributed by atoms with Gasteiger partial charge in [-0.3, -0.25) is 4.79 Å². The van der Waals surface area contributed by atoms with Crippen molar-refractivity contribution in [2.24, 2.45) is 0 Å². The molecule has 0 N–H and O–H groups in total. The first-order chi connectivity index (χ1) is 10.8. The average molecular weight is 399 g/mol. The van der Waals surface area contributed by atoms with Gasteiger partial charge in [-0.05, 0) is 58.2 Å². The normalized spacial score (nSPS) is 11.1. The standard InChI is InChI=1S/C16H15BrO5S/c1-11-3-8-15(14(17)9-11)23(19,20)22-13-6-4-12(5-7-13)10-16(18)21-2/h3-9H,10H2,1-2H3. The first kappa shape index (κ1) is 17.5. The summed E-state index contributed by atoms with van der Waals surface area (Å²) in [5.41, 5.74) is 1.64. The summed E-state index contributed by atoms with van der Waals surface area (Å²) in [4.78, 5) is 11.2. The van der Waals surface area contributed by atoms with Crippen LogP contribution in [0.25, 0.3) is 0 Å². The molecule has 0 saturated carbocycles. The smallest absolute Gasteiger partial charge is 0.340 e. The summed E-state index contributed by atoms with van der Waals surface area (Å²) in [6.45, 7) is 1.86. The Morgan fingerprint density at radius 3 is 2.35 bits per heavy atom. The molecule has 23 heavy (non-hydrogen) atoms. The van der Waals surface area contributed by atoms with Crippen molar-refractivity contribution in [2.45, 2.75) is 18.2 Å². The zero-order valence-electron chi connectivity index (χ0n) is 12.6. The zero-order chi connectivity index (χ0) is 17.0. The number of carbonyl (C=O) groups excluding carboxylic acids is 1. The average Bonchev–Trinajstić information content (AvgIpc) is 2.48. The maximum Gasteiger partial charge on any atom is 0.340 e. The molecule has 2 aromatic carbocycles. The third kappa shape index (κ3) is 4.56. The maximum atomic E-state index is 12.3. The molecule has 7 heteroatoms. The third-order valence-corrected chi connectivity index (χ3v) is 5.29. The Bertz CT molecular complexity index is 813. The monoisotopic (exact) mass is 398 g/mol. The number of carbonyl (C=O) groups is 1. The third-order valence-electron chi connectivity index (χ3n) is 3.06. The van der Waals surface area contributed by atoms with Gasteiger partial charge in [0.2, 0.25) is 0 Å². The second-order valence-corrected chi connectivity index (χ2v) is 7.24. The van der Waals surface area contributed by atoms with E-state index >= 15 is 0 Å². The molecule has 5 nitrogen and oxygen atoms in total. The van der Waals surface area contributed by atoms with Crippen LogP contribution in [0.3, 0.4) is 0 Å². The number of rotatable bonds is 5. The van der Waals surface area contributed by atoms with Crippen LogP contribution in [0, 0.1) is 6.92 Å². The molecule has 122 valence electrons. The minimum Gasteiger partial charge on any atom is -0.469 e. The van der Waals surface area contributed by atoms with Crippen LogP contribution in [0.15, 0.2) is 51.8 Å². The first-order valence-electron chi connectivity index (χ1n) is 6.68. The van der Waals surface area contributed by atoms with E-state index in [0.717, 1.165) is 5.56 Å². The lowest BCUT2D eigenvalue weighted by Gasteiger charge is -2.09. The lowest BCUT2D eigenvalue weighted by Crippen LogP contribution is -2.10. The highest BCUT2D eigenvalue weighted by molar-refractivity contribution is 9.10. The van der Waals surface area contributed by atoms with Gasteiger partial charge in [-0.1, -0.05) is 18.2 Å². The van der Waals surface area contributed by atoms with Crippen molar-refractivity contribution in [1.82, 2.24) is 0 Å². The van der Waals surface area contributed by atoms with E-state index in [1.807, 2.05) is 6.92 Å². The van der Waals surface area contributed by atoms with Crippen molar-refractivity contribution in [2.75, 3.05) is 7.11 Å². The first-order valence-corrected chi connectivity index (χ1v) is 8.88. The van der Waals surface area contributed by atoms with Gasteiger partial charge in [0.1, 0.15) is 10.6 Å². The minimum atomic E-state index is -3.94. The largest absolute Gasteiger partial charge is 0.469 e. The van der Waals surface area contributed by atoms with Crippen LogP contribution in [0.4, 0.5) is 0 Å². The van der Waals surface area contributed by atoms with Gasteiger partial charge >= 0.3 is 16.1 Å². The highest BCUT2D eigenvalue weighted by Gasteiger charge is 2.20. The summed E-state index contributed by atoms with van der Waals surface area (Å²) in [5.74, 6) is -0.194. The van der Waals surface area contributed by atoms with Crippen LogP contribution in [0.5, 0.6) is 5.75 Å². The van der Waals surface area contributed by atoms with Crippen molar-refractivity contribution < 1.29 is 22.1 Å². The summed E-state index contributed by atoms with van der Waals surface area (Å²) < 4.78 is 34.8. The van der Waals surface area contributed by atoms with Gasteiger partial charge in [0.05, 0.1) is 13.5 Å². The fraction of sp³-hybridized carbons (Fsp3) is 0.188. The molecule has 0 heterocycles. The van der Waals surface area contributed by atoms with Crippen molar-refractivity contribution in [3.8, 4) is 5.75 Å². The fourth-order valence-corrected chi connectivity index (χ4v) is 3.96. The molecule has 0 spiro atoms. The fourth-order valence-electron chi connectivity index (χ4n) is 1.88. The van der Waals surface area contributed by atoms with E-state index in [9.17, 15) is 13.2 Å². The van der Waals surface area contributed by atoms with Crippen LogP contribution in [-0.4, -0.2) is 21.5 Å². The number of benzene rings is 2. The van der Waals surface area contributed by atoms with E-state index < -0.39 is 10.1 Å². The Labute approximate surface area is 143 Å². The molecular formula is C16H15BrO5S. The van der Waals surface area contributed by atoms with Gasteiger partial charge in [0, 0.05) is 4.47 Å². The van der Waals surface area contributed by atoms with Crippen molar-refractivity contribution in [1.29, 1.82) is 0 Å². The van der Waals surface area contributed by atoms with Crippen LogP contribution in [0.1, 0.15) is 11.1 Å². The second-order valence-electron chi connectivity index (χ2n) is 4.87. The number of hydrogen-bond acceptors (Lipinski definition) is 5. The lowest BCUT2D eigenvalue weighted by atomic mass is 10.1. The van der Waals surface area contributed by atoms with Gasteiger partial charge in [-0.2, -0.15) is 8.42 Å². The van der Waals surface area contributed by atoms with E-state index in [1.165, 1.54) is 25.3 Å². The van der Waals surface area contributed by atoms with E-state index in [0.29, 0.717) is 10.0 Å². The lowest BCUT2D eigenvalue weighted by molar-refractivity contribution is -0.139. The van der Waals surface area contributed by atoms with Crippen LogP contribution < -0.4 is 4.18 Å². The number of halogens is 1. The quantitative estimate of drug-likeness (QED) is 0.570. The molecule has 0 aliphatic heterocycles. The van der Waals surface area contributed by atoms with Crippen molar-refractivity contribution in [3.05, 3.63) is 58.1 Å². The molecule has 0 aromatic heterocycles. The second kappa shape index (κ2) is 7.14. The number of esters is 1. The molecule has 0 radical (unpaired) electrons. The predicted molar refractivity (Wildman–Crippen MR) is 88.9 cm³/mol. The number of hydrogen-bond donors (Lipinski definition) is 0. The van der Waals surface area contributed by atoms with Crippen molar-refractivity contribution >= 4 is 32.0 Å². The summed E-state index contributed by atoms with van der Waals surface area (Å²) >= 11 is 3.23. The molecule has 0 amide bonds. The maximum absolute atomic E-state index is 12.3. The number of ether oxygens (including phenoxy) is 1. The summed E-state index contributed by atoms with van der Waals surface area (Å²) in [5, 5.41) is 0. The van der Waals surface area contributed by atoms with Crippen LogP contribution >= 0.6 is 15.9 Å². The SMILES string of the molecule is COC(=O)Cc1ccc(OS(=O)(=O)c2ccc(C)cc2Br)cc1. The van der Waals surface area contributed by atoms with Crippen LogP contribution in [0.2, 0.25) is 0 Å². The Morgan fingerprint density at radius 1 is 1.13 bits per heavy atom. The van der Waals surface area contributed by atoms with Crippen LogP contribution in [-0.2, 0) is 26.1 Å².